The standard InChI is InChI=1S/C14H30N4O2.HI/c1-13(2,3)17-11(15-7)16-9-10-18(8)12(19)20-14(4,5)6;/h9-10H2,1-8H3,(H2,15,16,17);1H. The molecule has 6 nitrogen and oxygen atoms in total. The summed E-state index contributed by atoms with van der Waals surface area (Å²) in [5.74, 6) is 0.718. The van der Waals surface area contributed by atoms with E-state index >= 15 is 0 Å². The molecule has 0 spiro atoms. The highest BCUT2D eigenvalue weighted by Gasteiger charge is 2.19. The molecule has 21 heavy (non-hydrogen) atoms. The van der Waals surface area contributed by atoms with Gasteiger partial charge in [0.05, 0.1) is 0 Å². The number of ether oxygens (including phenoxy) is 1. The maximum atomic E-state index is 11.8. The van der Waals surface area contributed by atoms with Gasteiger partial charge in [0.2, 0.25) is 0 Å². The number of amides is 1. The summed E-state index contributed by atoms with van der Waals surface area (Å²) in [7, 11) is 3.44. The summed E-state index contributed by atoms with van der Waals surface area (Å²) in [4.78, 5) is 17.4. The zero-order valence-electron chi connectivity index (χ0n) is 14.5. The second-order valence-corrected chi connectivity index (χ2v) is 6.78. The number of nitrogens with one attached hydrogen (secondary N) is 2. The van der Waals surface area contributed by atoms with E-state index in [1.807, 2.05) is 20.8 Å². The quantitative estimate of drug-likeness (QED) is 0.423. The van der Waals surface area contributed by atoms with Gasteiger partial charge in [0.1, 0.15) is 5.60 Å². The molecule has 0 aliphatic rings. The molecule has 0 saturated carbocycles. The molecule has 0 atom stereocenters. The summed E-state index contributed by atoms with van der Waals surface area (Å²) >= 11 is 0. The Bertz CT molecular complexity index is 346. The maximum absolute atomic E-state index is 11.8. The highest BCUT2D eigenvalue weighted by atomic mass is 127. The first kappa shape index (κ1) is 22.5. The van der Waals surface area contributed by atoms with Gasteiger partial charge in [-0.05, 0) is 41.5 Å². The SMILES string of the molecule is CN=C(NCCN(C)C(=O)OC(C)(C)C)NC(C)(C)C.I. The monoisotopic (exact) mass is 414 g/mol. The van der Waals surface area contributed by atoms with E-state index < -0.39 is 5.60 Å². The molecule has 0 aromatic heterocycles. The van der Waals surface area contributed by atoms with Gasteiger partial charge < -0.3 is 20.3 Å². The van der Waals surface area contributed by atoms with Crippen LogP contribution in [0.1, 0.15) is 41.5 Å². The minimum Gasteiger partial charge on any atom is -0.444 e. The van der Waals surface area contributed by atoms with Gasteiger partial charge in [-0.3, -0.25) is 4.99 Å². The minimum absolute atomic E-state index is 0. The normalized spacial score (nSPS) is 12.3. The summed E-state index contributed by atoms with van der Waals surface area (Å²) in [6.07, 6.45) is -0.321. The first-order chi connectivity index (χ1) is 8.94. The van der Waals surface area contributed by atoms with Crippen LogP contribution in [0.5, 0.6) is 0 Å². The number of carbonyl (C=O) groups excluding carboxylic acids is 1. The highest BCUT2D eigenvalue weighted by molar-refractivity contribution is 14.0. The fourth-order valence-electron chi connectivity index (χ4n) is 1.31. The Morgan fingerprint density at radius 1 is 1.19 bits per heavy atom. The van der Waals surface area contributed by atoms with Gasteiger partial charge in [0, 0.05) is 32.7 Å². The Kier molecular flexibility index (Phi) is 10.0. The van der Waals surface area contributed by atoms with Crippen LogP contribution in [-0.2, 0) is 4.74 Å². The molecule has 0 heterocycles. The lowest BCUT2D eigenvalue weighted by atomic mass is 10.1. The summed E-state index contributed by atoms with van der Waals surface area (Å²) in [6, 6.07) is 0. The molecule has 0 aromatic carbocycles. The number of carbonyl (C=O) groups is 1. The smallest absolute Gasteiger partial charge is 0.410 e. The molecule has 0 fully saturated rings. The summed E-state index contributed by atoms with van der Waals surface area (Å²) in [5.41, 5.74) is -0.526. The van der Waals surface area contributed by atoms with Gasteiger partial charge in [-0.2, -0.15) is 0 Å². The van der Waals surface area contributed by atoms with Crippen LogP contribution >= 0.6 is 24.0 Å². The summed E-state index contributed by atoms with van der Waals surface area (Å²) in [6.45, 7) is 12.9. The molecule has 126 valence electrons. The molecule has 0 radical (unpaired) electrons. The molecular formula is C14H31IN4O2. The van der Waals surface area contributed by atoms with Crippen molar-refractivity contribution < 1.29 is 9.53 Å². The van der Waals surface area contributed by atoms with Crippen LogP contribution in [0.15, 0.2) is 4.99 Å². The average Bonchev–Trinajstić information content (AvgIpc) is 2.23. The number of rotatable bonds is 3. The van der Waals surface area contributed by atoms with E-state index in [2.05, 4.69) is 36.4 Å². The lowest BCUT2D eigenvalue weighted by molar-refractivity contribution is 0.0302. The Balaban J connectivity index is 0. The molecule has 2 N–H and O–H groups in total. The molecule has 0 saturated heterocycles. The van der Waals surface area contributed by atoms with E-state index in [0.717, 1.165) is 5.96 Å². The third-order valence-corrected chi connectivity index (χ3v) is 2.16. The number of hydrogen-bond acceptors (Lipinski definition) is 3. The van der Waals surface area contributed by atoms with Gasteiger partial charge in [-0.1, -0.05) is 0 Å². The molecule has 0 unspecified atom stereocenters. The third-order valence-electron chi connectivity index (χ3n) is 2.16. The van der Waals surface area contributed by atoms with Crippen LogP contribution in [-0.4, -0.2) is 55.3 Å². The van der Waals surface area contributed by atoms with Crippen molar-refractivity contribution in [3.05, 3.63) is 0 Å². The minimum atomic E-state index is -0.470. The van der Waals surface area contributed by atoms with Crippen LogP contribution in [0.25, 0.3) is 0 Å². The van der Waals surface area contributed by atoms with Crippen LogP contribution in [0, 0.1) is 0 Å². The predicted molar refractivity (Wildman–Crippen MR) is 98.5 cm³/mol. The average molecular weight is 414 g/mol. The fraction of sp³-hybridized carbons (Fsp3) is 0.857. The first-order valence-electron chi connectivity index (χ1n) is 6.87. The van der Waals surface area contributed by atoms with Gasteiger partial charge in [-0.25, -0.2) is 4.79 Å². The number of halogens is 1. The van der Waals surface area contributed by atoms with E-state index in [-0.39, 0.29) is 35.6 Å². The number of nitrogens with zero attached hydrogens (tertiary/aromatic N) is 2. The Morgan fingerprint density at radius 3 is 2.10 bits per heavy atom. The van der Waals surface area contributed by atoms with Crippen molar-refractivity contribution in [2.75, 3.05) is 27.2 Å². The number of guanidine groups is 1. The van der Waals surface area contributed by atoms with E-state index in [1.165, 1.54) is 0 Å². The van der Waals surface area contributed by atoms with Gasteiger partial charge in [0.15, 0.2) is 5.96 Å². The van der Waals surface area contributed by atoms with Gasteiger partial charge in [0.25, 0.3) is 0 Å². The van der Waals surface area contributed by atoms with E-state index in [1.54, 1.807) is 19.0 Å². The van der Waals surface area contributed by atoms with E-state index in [4.69, 9.17) is 4.74 Å². The van der Waals surface area contributed by atoms with Crippen LogP contribution in [0.2, 0.25) is 0 Å². The molecule has 0 aromatic rings. The summed E-state index contributed by atoms with van der Waals surface area (Å²) in [5, 5.41) is 6.42. The third kappa shape index (κ3) is 12.7. The number of hydrogen-bond donors (Lipinski definition) is 2. The van der Waals surface area contributed by atoms with Crippen molar-refractivity contribution in [2.45, 2.75) is 52.7 Å². The van der Waals surface area contributed by atoms with Gasteiger partial charge in [-0.15, -0.1) is 24.0 Å². The first-order valence-corrected chi connectivity index (χ1v) is 6.87. The lowest BCUT2D eigenvalue weighted by Crippen LogP contribution is -2.49. The lowest BCUT2D eigenvalue weighted by Gasteiger charge is -2.26. The van der Waals surface area contributed by atoms with Crippen molar-refractivity contribution in [3.63, 3.8) is 0 Å². The van der Waals surface area contributed by atoms with Crippen molar-refractivity contribution in [1.29, 1.82) is 0 Å². The van der Waals surface area contributed by atoms with Gasteiger partial charge >= 0.3 is 6.09 Å². The molecular weight excluding hydrogens is 383 g/mol. The molecule has 0 aliphatic carbocycles. The van der Waals surface area contributed by atoms with Crippen LogP contribution in [0.4, 0.5) is 4.79 Å². The molecule has 0 aliphatic heterocycles. The van der Waals surface area contributed by atoms with Crippen molar-refractivity contribution in [2.24, 2.45) is 4.99 Å². The molecule has 7 heteroatoms. The highest BCUT2D eigenvalue weighted by Crippen LogP contribution is 2.08. The van der Waals surface area contributed by atoms with Crippen molar-refractivity contribution in [3.8, 4) is 0 Å². The zero-order valence-corrected chi connectivity index (χ0v) is 16.9. The van der Waals surface area contributed by atoms with Crippen LogP contribution < -0.4 is 10.6 Å². The second-order valence-electron chi connectivity index (χ2n) is 6.78. The van der Waals surface area contributed by atoms with Crippen LogP contribution in [0.3, 0.4) is 0 Å². The Labute approximate surface area is 146 Å². The van der Waals surface area contributed by atoms with E-state index in [0.29, 0.717) is 13.1 Å². The largest absolute Gasteiger partial charge is 0.444 e. The van der Waals surface area contributed by atoms with Crippen molar-refractivity contribution >= 4 is 36.0 Å². The number of likely N-dealkylation sites (N-methyl/N-ethyl adjacent to an activating group) is 1. The Morgan fingerprint density at radius 2 is 1.71 bits per heavy atom. The van der Waals surface area contributed by atoms with Crippen molar-refractivity contribution in [1.82, 2.24) is 15.5 Å². The molecule has 0 rings (SSSR count). The Hall–Kier alpha value is -0.730. The second kappa shape index (κ2) is 9.32. The van der Waals surface area contributed by atoms with E-state index in [9.17, 15) is 4.79 Å². The maximum Gasteiger partial charge on any atom is 0.410 e. The fourth-order valence-corrected chi connectivity index (χ4v) is 1.31. The molecule has 0 bridgehead atoms. The predicted octanol–water partition coefficient (Wildman–Crippen LogP) is 2.43. The number of aliphatic imine (C=N–C) groups is 1. The zero-order chi connectivity index (χ0) is 16.0. The summed E-state index contributed by atoms with van der Waals surface area (Å²) < 4.78 is 5.28. The molecule has 1 amide bonds. The topological polar surface area (TPSA) is 66.0 Å².